The van der Waals surface area contributed by atoms with Gasteiger partial charge in [-0.2, -0.15) is 0 Å². The number of nitro benzene ring substituents is 1. The molecule has 1 fully saturated rings. The molecule has 2 rings (SSSR count). The Bertz CT molecular complexity index is 436. The maximum atomic E-state index is 11.0. The van der Waals surface area contributed by atoms with E-state index in [4.69, 9.17) is 10.8 Å². The van der Waals surface area contributed by atoms with Gasteiger partial charge in [-0.1, -0.05) is 6.07 Å². The Balaban J connectivity index is 2.33. The topological polar surface area (TPSA) is 92.6 Å². The van der Waals surface area contributed by atoms with Crippen LogP contribution in [-0.2, 0) is 0 Å². The zero-order valence-corrected chi connectivity index (χ0v) is 9.37. The first kappa shape index (κ1) is 11.7. The summed E-state index contributed by atoms with van der Waals surface area (Å²) in [6.45, 7) is 1.48. The highest BCUT2D eigenvalue weighted by molar-refractivity contribution is 5.75. The number of rotatable bonds is 3. The smallest absolute Gasteiger partial charge is 0.315 e. The van der Waals surface area contributed by atoms with Gasteiger partial charge < -0.3 is 15.7 Å². The van der Waals surface area contributed by atoms with Gasteiger partial charge in [0.1, 0.15) is 11.4 Å². The fourth-order valence-corrected chi connectivity index (χ4v) is 2.20. The van der Waals surface area contributed by atoms with Gasteiger partial charge in [0.15, 0.2) is 0 Å². The second-order valence-corrected chi connectivity index (χ2v) is 4.26. The molecule has 1 atom stereocenters. The zero-order chi connectivity index (χ0) is 12.4. The number of benzene rings is 1. The molecule has 0 saturated carbocycles. The van der Waals surface area contributed by atoms with Gasteiger partial charge in [0.05, 0.1) is 4.92 Å². The Hall–Kier alpha value is -1.82. The molecule has 1 aliphatic rings. The minimum Gasteiger partial charge on any atom is -0.396 e. The predicted molar refractivity (Wildman–Crippen MR) is 64.9 cm³/mol. The van der Waals surface area contributed by atoms with Crippen LogP contribution in [0.25, 0.3) is 0 Å². The lowest BCUT2D eigenvalue weighted by atomic mass is 10.1. The van der Waals surface area contributed by atoms with Crippen LogP contribution in [0.2, 0.25) is 0 Å². The second kappa shape index (κ2) is 4.58. The Labute approximate surface area is 98.8 Å². The van der Waals surface area contributed by atoms with Gasteiger partial charge >= 0.3 is 5.69 Å². The van der Waals surface area contributed by atoms with E-state index in [1.54, 1.807) is 12.1 Å². The van der Waals surface area contributed by atoms with E-state index in [1.807, 2.05) is 4.90 Å². The summed E-state index contributed by atoms with van der Waals surface area (Å²) in [4.78, 5) is 12.5. The molecular weight excluding hydrogens is 222 g/mol. The summed E-state index contributed by atoms with van der Waals surface area (Å²) in [6, 6.07) is 4.94. The van der Waals surface area contributed by atoms with Gasteiger partial charge in [-0.15, -0.1) is 0 Å². The third-order valence-corrected chi connectivity index (χ3v) is 3.11. The highest BCUT2D eigenvalue weighted by Gasteiger charge is 2.28. The lowest BCUT2D eigenvalue weighted by Crippen LogP contribution is -2.21. The van der Waals surface area contributed by atoms with Crippen molar-refractivity contribution in [3.63, 3.8) is 0 Å². The Morgan fingerprint density at radius 2 is 2.35 bits per heavy atom. The number of nitrogens with two attached hydrogens (primary N) is 1. The van der Waals surface area contributed by atoms with Crippen molar-refractivity contribution in [3.8, 4) is 0 Å². The van der Waals surface area contributed by atoms with E-state index in [0.29, 0.717) is 12.2 Å². The average molecular weight is 237 g/mol. The molecule has 1 aromatic carbocycles. The highest BCUT2D eigenvalue weighted by atomic mass is 16.6. The van der Waals surface area contributed by atoms with Crippen molar-refractivity contribution >= 4 is 17.1 Å². The molecule has 0 aromatic heterocycles. The summed E-state index contributed by atoms with van der Waals surface area (Å²) in [6.07, 6.45) is 0.850. The number of hydrogen-bond donors (Lipinski definition) is 2. The third-order valence-electron chi connectivity index (χ3n) is 3.11. The van der Waals surface area contributed by atoms with Crippen LogP contribution in [0.15, 0.2) is 18.2 Å². The van der Waals surface area contributed by atoms with Gasteiger partial charge in [0, 0.05) is 25.6 Å². The minimum absolute atomic E-state index is 0.0360. The van der Waals surface area contributed by atoms with Gasteiger partial charge in [0.25, 0.3) is 0 Å². The molecule has 0 aliphatic carbocycles. The number of anilines is 2. The van der Waals surface area contributed by atoms with E-state index in [-0.39, 0.29) is 23.9 Å². The van der Waals surface area contributed by atoms with Gasteiger partial charge in [-0.3, -0.25) is 10.1 Å². The number of nitro groups is 1. The molecule has 1 unspecified atom stereocenters. The summed E-state index contributed by atoms with van der Waals surface area (Å²) in [5.74, 6) is 0.191. The van der Waals surface area contributed by atoms with Gasteiger partial charge in [-0.25, -0.2) is 0 Å². The SMILES string of the molecule is Nc1cccc(N2CCC(CO)C2)c1[N+](=O)[O-]. The molecule has 6 heteroatoms. The summed E-state index contributed by atoms with van der Waals surface area (Å²) in [7, 11) is 0. The van der Waals surface area contributed by atoms with Crippen LogP contribution in [0, 0.1) is 16.0 Å². The number of para-hydroxylation sites is 1. The van der Waals surface area contributed by atoms with Crippen molar-refractivity contribution in [2.45, 2.75) is 6.42 Å². The van der Waals surface area contributed by atoms with Crippen LogP contribution in [-0.4, -0.2) is 29.7 Å². The zero-order valence-electron chi connectivity index (χ0n) is 9.37. The van der Waals surface area contributed by atoms with Crippen molar-refractivity contribution < 1.29 is 10.0 Å². The molecule has 1 aliphatic heterocycles. The molecule has 0 bridgehead atoms. The first-order chi connectivity index (χ1) is 8.13. The van der Waals surface area contributed by atoms with E-state index >= 15 is 0 Å². The molecule has 1 aromatic rings. The molecule has 3 N–H and O–H groups in total. The number of aliphatic hydroxyl groups excluding tert-OH is 1. The summed E-state index contributed by atoms with van der Waals surface area (Å²) >= 11 is 0. The maximum absolute atomic E-state index is 11.0. The van der Waals surface area contributed by atoms with E-state index in [2.05, 4.69) is 0 Å². The maximum Gasteiger partial charge on any atom is 0.315 e. The molecule has 1 saturated heterocycles. The summed E-state index contributed by atoms with van der Waals surface area (Å²) in [5.41, 5.74) is 6.33. The van der Waals surface area contributed by atoms with Crippen LogP contribution < -0.4 is 10.6 Å². The van der Waals surface area contributed by atoms with Crippen molar-refractivity contribution in [1.29, 1.82) is 0 Å². The summed E-state index contributed by atoms with van der Waals surface area (Å²) < 4.78 is 0. The summed E-state index contributed by atoms with van der Waals surface area (Å²) in [5, 5.41) is 20.1. The normalized spacial score (nSPS) is 19.6. The molecule has 0 amide bonds. The van der Waals surface area contributed by atoms with Crippen LogP contribution in [0.1, 0.15) is 6.42 Å². The predicted octanol–water partition coefficient (Wildman–Crippen LogP) is 0.996. The fourth-order valence-electron chi connectivity index (χ4n) is 2.20. The van der Waals surface area contributed by atoms with Crippen LogP contribution in [0.4, 0.5) is 17.1 Å². The quantitative estimate of drug-likeness (QED) is 0.464. The Morgan fingerprint density at radius 1 is 1.59 bits per heavy atom. The van der Waals surface area contributed by atoms with Crippen LogP contribution in [0.5, 0.6) is 0 Å². The monoisotopic (exact) mass is 237 g/mol. The van der Waals surface area contributed by atoms with Crippen molar-refractivity contribution in [1.82, 2.24) is 0 Å². The Morgan fingerprint density at radius 3 is 2.94 bits per heavy atom. The molecule has 1 heterocycles. The molecule has 0 radical (unpaired) electrons. The fraction of sp³-hybridized carbons (Fsp3) is 0.455. The number of nitrogens with zero attached hydrogens (tertiary/aromatic N) is 2. The van der Waals surface area contributed by atoms with Crippen LogP contribution in [0.3, 0.4) is 0 Å². The number of hydrogen-bond acceptors (Lipinski definition) is 5. The van der Waals surface area contributed by atoms with Gasteiger partial charge in [0.2, 0.25) is 0 Å². The van der Waals surface area contributed by atoms with Crippen molar-refractivity contribution in [2.75, 3.05) is 30.3 Å². The molecule has 92 valence electrons. The largest absolute Gasteiger partial charge is 0.396 e. The van der Waals surface area contributed by atoms with Crippen molar-refractivity contribution in [3.05, 3.63) is 28.3 Å². The Kier molecular flexibility index (Phi) is 3.14. The lowest BCUT2D eigenvalue weighted by Gasteiger charge is -2.18. The highest BCUT2D eigenvalue weighted by Crippen LogP contribution is 2.36. The van der Waals surface area contributed by atoms with Crippen LogP contribution >= 0.6 is 0 Å². The third kappa shape index (κ3) is 2.16. The molecule has 6 nitrogen and oxygen atoms in total. The number of aliphatic hydroxyl groups is 1. The van der Waals surface area contributed by atoms with E-state index < -0.39 is 4.92 Å². The lowest BCUT2D eigenvalue weighted by molar-refractivity contribution is -0.383. The molecule has 17 heavy (non-hydrogen) atoms. The van der Waals surface area contributed by atoms with Crippen molar-refractivity contribution in [2.24, 2.45) is 5.92 Å². The minimum atomic E-state index is -0.447. The standard InChI is InChI=1S/C11H15N3O3/c12-9-2-1-3-10(11(9)14(16)17)13-5-4-8(6-13)7-15/h1-3,8,15H,4-7,12H2. The molecule has 0 spiro atoms. The van der Waals surface area contributed by atoms with E-state index in [1.165, 1.54) is 6.07 Å². The van der Waals surface area contributed by atoms with Gasteiger partial charge in [-0.05, 0) is 18.6 Å². The van der Waals surface area contributed by atoms with E-state index in [0.717, 1.165) is 13.0 Å². The number of nitrogen functional groups attached to an aromatic ring is 1. The van der Waals surface area contributed by atoms with E-state index in [9.17, 15) is 10.1 Å². The first-order valence-corrected chi connectivity index (χ1v) is 5.52. The second-order valence-electron chi connectivity index (χ2n) is 4.26. The average Bonchev–Trinajstić information content (AvgIpc) is 2.76. The molecular formula is C11H15N3O3. The first-order valence-electron chi connectivity index (χ1n) is 5.52.